The normalized spacial score (nSPS) is 12.7. The monoisotopic (exact) mass is 387 g/mol. The van der Waals surface area contributed by atoms with E-state index in [9.17, 15) is 14.4 Å². The fourth-order valence-corrected chi connectivity index (χ4v) is 3.11. The fraction of sp³-hybridized carbons (Fsp3) is 0.0909. The number of imide groups is 1. The molecule has 3 amide bonds. The molecule has 7 nitrogen and oxygen atoms in total. The summed E-state index contributed by atoms with van der Waals surface area (Å²) in [5.41, 5.74) is 2.18. The van der Waals surface area contributed by atoms with Gasteiger partial charge in [-0.2, -0.15) is 0 Å². The highest BCUT2D eigenvalue weighted by atomic mass is 16.5. The molecule has 1 aliphatic rings. The van der Waals surface area contributed by atoms with Gasteiger partial charge >= 0.3 is 0 Å². The van der Waals surface area contributed by atoms with Gasteiger partial charge in [-0.15, -0.1) is 0 Å². The molecule has 144 valence electrons. The first-order valence-corrected chi connectivity index (χ1v) is 8.89. The predicted molar refractivity (Wildman–Crippen MR) is 108 cm³/mol. The van der Waals surface area contributed by atoms with Crippen LogP contribution in [0.15, 0.2) is 60.8 Å². The van der Waals surface area contributed by atoms with Crippen LogP contribution in [0, 0.1) is 6.92 Å². The van der Waals surface area contributed by atoms with Gasteiger partial charge in [-0.3, -0.25) is 14.4 Å². The van der Waals surface area contributed by atoms with Crippen LogP contribution < -0.4 is 15.0 Å². The number of aryl methyl sites for hydroxylation is 1. The molecule has 0 fully saturated rings. The average Bonchev–Trinajstić information content (AvgIpc) is 2.98. The van der Waals surface area contributed by atoms with Crippen molar-refractivity contribution in [2.75, 3.05) is 17.3 Å². The summed E-state index contributed by atoms with van der Waals surface area (Å²) in [5, 5.41) is 2.76. The van der Waals surface area contributed by atoms with Crippen LogP contribution in [-0.2, 0) is 0 Å². The van der Waals surface area contributed by atoms with Gasteiger partial charge in [0.15, 0.2) is 0 Å². The minimum atomic E-state index is -0.498. The van der Waals surface area contributed by atoms with Crippen LogP contribution in [0.1, 0.15) is 36.6 Å². The Bertz CT molecular complexity index is 1140. The zero-order valence-electron chi connectivity index (χ0n) is 15.8. The standard InChI is InChI=1S/C22H17N3O4/c1-13-9-10-23-19(11-13)25-21(27)17-8-3-14(12-18(17)22(25)28)20(26)24-15-4-6-16(29-2)7-5-15/h3-12H,1-2H3,(H,24,26). The van der Waals surface area contributed by atoms with Crippen molar-refractivity contribution < 1.29 is 19.1 Å². The molecule has 0 radical (unpaired) electrons. The van der Waals surface area contributed by atoms with Gasteiger partial charge in [-0.1, -0.05) is 0 Å². The van der Waals surface area contributed by atoms with Crippen LogP contribution in [0.25, 0.3) is 0 Å². The number of aromatic nitrogens is 1. The smallest absolute Gasteiger partial charge is 0.267 e. The Morgan fingerprint density at radius 3 is 2.38 bits per heavy atom. The van der Waals surface area contributed by atoms with E-state index in [1.165, 1.54) is 18.2 Å². The van der Waals surface area contributed by atoms with Crippen LogP contribution in [0.2, 0.25) is 0 Å². The number of benzene rings is 2. The Morgan fingerprint density at radius 2 is 1.69 bits per heavy atom. The van der Waals surface area contributed by atoms with Crippen LogP contribution in [0.3, 0.4) is 0 Å². The van der Waals surface area contributed by atoms with E-state index in [0.717, 1.165) is 10.5 Å². The van der Waals surface area contributed by atoms with Crippen molar-refractivity contribution in [1.82, 2.24) is 4.98 Å². The molecule has 7 heteroatoms. The maximum Gasteiger partial charge on any atom is 0.267 e. The van der Waals surface area contributed by atoms with Crippen molar-refractivity contribution in [3.05, 3.63) is 83.0 Å². The van der Waals surface area contributed by atoms with Gasteiger partial charge in [0, 0.05) is 17.4 Å². The van der Waals surface area contributed by atoms with Crippen molar-refractivity contribution in [1.29, 1.82) is 0 Å². The number of nitrogens with one attached hydrogen (secondary N) is 1. The van der Waals surface area contributed by atoms with Crippen LogP contribution in [0.5, 0.6) is 5.75 Å². The van der Waals surface area contributed by atoms with Gasteiger partial charge in [0.25, 0.3) is 17.7 Å². The Morgan fingerprint density at radius 1 is 0.966 bits per heavy atom. The number of pyridine rings is 1. The molecule has 0 atom stereocenters. The lowest BCUT2D eigenvalue weighted by Gasteiger charge is -2.12. The number of hydrogen-bond donors (Lipinski definition) is 1. The topological polar surface area (TPSA) is 88.6 Å². The first-order chi connectivity index (χ1) is 14.0. The Balaban J connectivity index is 1.60. The van der Waals surface area contributed by atoms with Gasteiger partial charge < -0.3 is 10.1 Å². The number of amides is 3. The lowest BCUT2D eigenvalue weighted by atomic mass is 10.1. The fourth-order valence-electron chi connectivity index (χ4n) is 3.11. The summed E-state index contributed by atoms with van der Waals surface area (Å²) < 4.78 is 5.09. The highest BCUT2D eigenvalue weighted by Gasteiger charge is 2.37. The molecule has 0 unspecified atom stereocenters. The molecule has 0 saturated heterocycles. The van der Waals surface area contributed by atoms with Gasteiger partial charge in [0.05, 0.1) is 18.2 Å². The maximum atomic E-state index is 12.8. The first-order valence-electron chi connectivity index (χ1n) is 8.89. The second-order valence-corrected chi connectivity index (χ2v) is 6.58. The molecule has 3 aromatic rings. The molecule has 0 bridgehead atoms. The maximum absolute atomic E-state index is 12.8. The third-order valence-electron chi connectivity index (χ3n) is 4.63. The highest BCUT2D eigenvalue weighted by Crippen LogP contribution is 2.28. The summed E-state index contributed by atoms with van der Waals surface area (Å²) in [6.07, 6.45) is 1.54. The minimum Gasteiger partial charge on any atom is -0.497 e. The molecular weight excluding hydrogens is 370 g/mol. The van der Waals surface area contributed by atoms with Crippen molar-refractivity contribution in [2.24, 2.45) is 0 Å². The largest absolute Gasteiger partial charge is 0.497 e. The number of carbonyl (C=O) groups excluding carboxylic acids is 3. The summed E-state index contributed by atoms with van der Waals surface area (Å²) in [6.45, 7) is 1.85. The molecule has 1 aromatic heterocycles. The van der Waals surface area contributed by atoms with E-state index in [2.05, 4.69) is 10.3 Å². The average molecular weight is 387 g/mol. The summed E-state index contributed by atoms with van der Waals surface area (Å²) in [7, 11) is 1.56. The Kier molecular flexibility index (Phi) is 4.56. The number of anilines is 2. The number of fused-ring (bicyclic) bond motifs is 1. The molecular formula is C22H17N3O4. The van der Waals surface area contributed by atoms with E-state index < -0.39 is 11.8 Å². The molecule has 1 aliphatic heterocycles. The number of ether oxygens (including phenoxy) is 1. The lowest BCUT2D eigenvalue weighted by molar-refractivity contribution is 0.0924. The second-order valence-electron chi connectivity index (χ2n) is 6.58. The van der Waals surface area contributed by atoms with E-state index in [-0.39, 0.29) is 28.4 Å². The molecule has 1 N–H and O–H groups in total. The zero-order chi connectivity index (χ0) is 20.5. The number of nitrogens with zero attached hydrogens (tertiary/aromatic N) is 2. The van der Waals surface area contributed by atoms with Crippen LogP contribution in [-0.4, -0.2) is 29.8 Å². The van der Waals surface area contributed by atoms with Gasteiger partial charge in [-0.05, 0) is 67.1 Å². The summed E-state index contributed by atoms with van der Waals surface area (Å²) in [4.78, 5) is 43.3. The molecule has 0 aliphatic carbocycles. The summed E-state index contributed by atoms with van der Waals surface area (Å²) >= 11 is 0. The number of hydrogen-bond acceptors (Lipinski definition) is 5. The van der Waals surface area contributed by atoms with Gasteiger partial charge in [0.2, 0.25) is 0 Å². The Labute approximate surface area is 166 Å². The second kappa shape index (κ2) is 7.20. The number of rotatable bonds is 4. The predicted octanol–water partition coefficient (Wildman–Crippen LogP) is 3.45. The third-order valence-corrected chi connectivity index (χ3v) is 4.63. The molecule has 2 heterocycles. The number of methoxy groups -OCH3 is 1. The van der Waals surface area contributed by atoms with Crippen molar-refractivity contribution >= 4 is 29.2 Å². The summed E-state index contributed by atoms with van der Waals surface area (Å²) in [6, 6.07) is 14.8. The van der Waals surface area contributed by atoms with E-state index in [1.807, 2.05) is 6.92 Å². The molecule has 4 rings (SSSR count). The summed E-state index contributed by atoms with van der Waals surface area (Å²) in [5.74, 6) is -0.396. The van der Waals surface area contributed by atoms with Crippen molar-refractivity contribution in [3.8, 4) is 5.75 Å². The first kappa shape index (κ1) is 18.4. The van der Waals surface area contributed by atoms with Crippen LogP contribution in [0.4, 0.5) is 11.5 Å². The van der Waals surface area contributed by atoms with Crippen molar-refractivity contribution in [2.45, 2.75) is 6.92 Å². The zero-order valence-corrected chi connectivity index (χ0v) is 15.8. The van der Waals surface area contributed by atoms with Gasteiger partial charge in [-0.25, -0.2) is 9.88 Å². The van der Waals surface area contributed by atoms with E-state index in [4.69, 9.17) is 4.74 Å². The lowest BCUT2D eigenvalue weighted by Crippen LogP contribution is -2.30. The Hall–Kier alpha value is -4.00. The van der Waals surface area contributed by atoms with E-state index in [0.29, 0.717) is 11.4 Å². The molecule has 29 heavy (non-hydrogen) atoms. The van der Waals surface area contributed by atoms with E-state index in [1.54, 1.807) is 49.7 Å². The third kappa shape index (κ3) is 3.34. The molecule has 0 spiro atoms. The number of carbonyl (C=O) groups is 3. The SMILES string of the molecule is COc1ccc(NC(=O)c2ccc3c(c2)C(=O)N(c2cc(C)ccn2)C3=O)cc1. The van der Waals surface area contributed by atoms with Crippen molar-refractivity contribution in [3.63, 3.8) is 0 Å². The van der Waals surface area contributed by atoms with Gasteiger partial charge in [0.1, 0.15) is 11.6 Å². The molecule has 2 aromatic carbocycles. The van der Waals surface area contributed by atoms with E-state index >= 15 is 0 Å². The quantitative estimate of drug-likeness (QED) is 0.693. The molecule has 0 saturated carbocycles. The minimum absolute atomic E-state index is 0.181. The highest BCUT2D eigenvalue weighted by molar-refractivity contribution is 6.34. The van der Waals surface area contributed by atoms with Crippen LogP contribution >= 0.6 is 0 Å².